The molecule has 1 amide bonds. The summed E-state index contributed by atoms with van der Waals surface area (Å²) in [4.78, 5) is 28.9. The standard InChI is InChI=1S/C27H30N2O5/c1-4-20(5-2)33-21-12-14-22(15-13-21)34-26-16-11-19(18-28-26)17-25(30)29-24-10-8-7-9-23(24)27(31)32-6-3/h7-16,18,20H,4-6,17H2,1-3H3,(H,29,30). The SMILES string of the molecule is CCOC(=O)c1ccccc1NC(=O)Cc1ccc(Oc2ccc(OC(CC)CC)cc2)nc1. The summed E-state index contributed by atoms with van der Waals surface area (Å²) in [6.45, 7) is 6.20. The molecule has 0 aliphatic carbocycles. The third-order valence-electron chi connectivity index (χ3n) is 5.12. The quantitative estimate of drug-likeness (QED) is 0.363. The molecule has 0 bridgehead atoms. The second-order valence-electron chi connectivity index (χ2n) is 7.63. The van der Waals surface area contributed by atoms with Crippen LogP contribution in [0.3, 0.4) is 0 Å². The molecule has 3 aromatic rings. The van der Waals surface area contributed by atoms with Crippen LogP contribution in [0.15, 0.2) is 66.9 Å². The number of aromatic nitrogens is 1. The fourth-order valence-corrected chi connectivity index (χ4v) is 3.29. The number of pyridine rings is 1. The molecule has 7 heteroatoms. The van der Waals surface area contributed by atoms with Gasteiger partial charge >= 0.3 is 5.97 Å². The number of carbonyl (C=O) groups is 2. The monoisotopic (exact) mass is 462 g/mol. The number of esters is 1. The fraction of sp³-hybridized carbons (Fsp3) is 0.296. The highest BCUT2D eigenvalue weighted by atomic mass is 16.5. The lowest BCUT2D eigenvalue weighted by Gasteiger charge is -2.15. The molecule has 34 heavy (non-hydrogen) atoms. The molecule has 0 aliphatic rings. The van der Waals surface area contributed by atoms with E-state index in [0.29, 0.717) is 28.4 Å². The molecule has 1 aromatic heterocycles. The number of benzene rings is 2. The number of para-hydroxylation sites is 1. The van der Waals surface area contributed by atoms with Gasteiger partial charge in [-0.15, -0.1) is 0 Å². The first kappa shape index (κ1) is 24.8. The normalized spacial score (nSPS) is 10.6. The second kappa shape index (κ2) is 12.4. The topological polar surface area (TPSA) is 86.8 Å². The van der Waals surface area contributed by atoms with Gasteiger partial charge in [0.2, 0.25) is 11.8 Å². The molecule has 0 spiro atoms. The molecule has 2 aromatic carbocycles. The van der Waals surface area contributed by atoms with Gasteiger partial charge in [0, 0.05) is 12.3 Å². The van der Waals surface area contributed by atoms with Crippen molar-refractivity contribution in [2.24, 2.45) is 0 Å². The van der Waals surface area contributed by atoms with E-state index in [2.05, 4.69) is 24.1 Å². The number of carbonyl (C=O) groups excluding carboxylic acids is 2. The van der Waals surface area contributed by atoms with E-state index < -0.39 is 5.97 Å². The molecule has 0 saturated heterocycles. The Kier molecular flexibility index (Phi) is 9.03. The molecule has 3 rings (SSSR count). The molecule has 0 fully saturated rings. The zero-order valence-corrected chi connectivity index (χ0v) is 19.7. The Morgan fingerprint density at radius 1 is 0.912 bits per heavy atom. The average Bonchev–Trinajstić information content (AvgIpc) is 2.85. The lowest BCUT2D eigenvalue weighted by atomic mass is 10.1. The molecule has 1 heterocycles. The maximum Gasteiger partial charge on any atom is 0.340 e. The van der Waals surface area contributed by atoms with Crippen molar-refractivity contribution in [3.63, 3.8) is 0 Å². The lowest BCUT2D eigenvalue weighted by Crippen LogP contribution is -2.17. The highest BCUT2D eigenvalue weighted by Crippen LogP contribution is 2.24. The van der Waals surface area contributed by atoms with Crippen LogP contribution in [0, 0.1) is 0 Å². The molecule has 7 nitrogen and oxygen atoms in total. The maximum atomic E-state index is 12.5. The smallest absolute Gasteiger partial charge is 0.340 e. The molecule has 0 aliphatic heterocycles. The van der Waals surface area contributed by atoms with Crippen molar-refractivity contribution in [1.82, 2.24) is 4.98 Å². The molecule has 1 N–H and O–H groups in total. The first-order valence-electron chi connectivity index (χ1n) is 11.5. The van der Waals surface area contributed by atoms with Crippen LogP contribution in [0.4, 0.5) is 5.69 Å². The van der Waals surface area contributed by atoms with E-state index >= 15 is 0 Å². The largest absolute Gasteiger partial charge is 0.490 e. The van der Waals surface area contributed by atoms with Gasteiger partial charge in [0.25, 0.3) is 0 Å². The van der Waals surface area contributed by atoms with E-state index in [-0.39, 0.29) is 25.0 Å². The van der Waals surface area contributed by atoms with E-state index in [0.717, 1.165) is 18.6 Å². The minimum absolute atomic E-state index is 0.104. The summed E-state index contributed by atoms with van der Waals surface area (Å²) in [6, 6.07) is 17.7. The highest BCUT2D eigenvalue weighted by Gasteiger charge is 2.14. The molecule has 0 unspecified atom stereocenters. The Morgan fingerprint density at radius 3 is 2.26 bits per heavy atom. The molecular formula is C27H30N2O5. The van der Waals surface area contributed by atoms with E-state index in [1.54, 1.807) is 49.5 Å². The third-order valence-corrected chi connectivity index (χ3v) is 5.12. The minimum Gasteiger partial charge on any atom is -0.490 e. The second-order valence-corrected chi connectivity index (χ2v) is 7.63. The average molecular weight is 463 g/mol. The molecule has 178 valence electrons. The number of nitrogens with one attached hydrogen (secondary N) is 1. The number of anilines is 1. The van der Waals surface area contributed by atoms with Gasteiger partial charge in [-0.2, -0.15) is 0 Å². The van der Waals surface area contributed by atoms with Crippen molar-refractivity contribution in [2.75, 3.05) is 11.9 Å². The Morgan fingerprint density at radius 2 is 1.62 bits per heavy atom. The molecular weight excluding hydrogens is 432 g/mol. The first-order chi connectivity index (χ1) is 16.5. The number of hydrogen-bond donors (Lipinski definition) is 1. The van der Waals surface area contributed by atoms with Crippen LogP contribution in [0.5, 0.6) is 17.4 Å². The Hall–Kier alpha value is -3.87. The Labute approximate surface area is 200 Å². The maximum absolute atomic E-state index is 12.5. The summed E-state index contributed by atoms with van der Waals surface area (Å²) in [7, 11) is 0. The van der Waals surface area contributed by atoms with Gasteiger partial charge in [0.1, 0.15) is 11.5 Å². The van der Waals surface area contributed by atoms with Crippen molar-refractivity contribution in [3.8, 4) is 17.4 Å². The van der Waals surface area contributed by atoms with Crippen molar-refractivity contribution < 1.29 is 23.8 Å². The van der Waals surface area contributed by atoms with Crippen LogP contribution in [0.25, 0.3) is 0 Å². The summed E-state index contributed by atoms with van der Waals surface area (Å²) in [5.41, 5.74) is 1.44. The number of hydrogen-bond acceptors (Lipinski definition) is 6. The molecule has 0 atom stereocenters. The minimum atomic E-state index is -0.475. The van der Waals surface area contributed by atoms with Gasteiger partial charge in [-0.1, -0.05) is 32.0 Å². The number of amides is 1. The molecule has 0 radical (unpaired) electrons. The van der Waals surface area contributed by atoms with Crippen LogP contribution >= 0.6 is 0 Å². The van der Waals surface area contributed by atoms with Crippen molar-refractivity contribution >= 4 is 17.6 Å². The Balaban J connectivity index is 1.56. The predicted octanol–water partition coefficient (Wildman–Crippen LogP) is 5.80. The predicted molar refractivity (Wildman–Crippen MR) is 130 cm³/mol. The van der Waals surface area contributed by atoms with Gasteiger partial charge in [0.15, 0.2) is 0 Å². The summed E-state index contributed by atoms with van der Waals surface area (Å²) >= 11 is 0. The van der Waals surface area contributed by atoms with Gasteiger partial charge in [-0.25, -0.2) is 9.78 Å². The third kappa shape index (κ3) is 7.07. The van der Waals surface area contributed by atoms with Crippen LogP contribution in [-0.2, 0) is 16.0 Å². The summed E-state index contributed by atoms with van der Waals surface area (Å²) in [5.74, 6) is 1.13. The summed E-state index contributed by atoms with van der Waals surface area (Å²) < 4.78 is 16.7. The Bertz CT molecular complexity index is 1080. The molecule has 0 saturated carbocycles. The van der Waals surface area contributed by atoms with E-state index in [4.69, 9.17) is 14.2 Å². The van der Waals surface area contributed by atoms with E-state index in [9.17, 15) is 9.59 Å². The summed E-state index contributed by atoms with van der Waals surface area (Å²) in [5, 5.41) is 2.77. The number of ether oxygens (including phenoxy) is 3. The zero-order valence-electron chi connectivity index (χ0n) is 19.7. The van der Waals surface area contributed by atoms with Crippen molar-refractivity contribution in [2.45, 2.75) is 46.1 Å². The van der Waals surface area contributed by atoms with Crippen LogP contribution in [0.1, 0.15) is 49.5 Å². The van der Waals surface area contributed by atoms with Gasteiger partial charge in [-0.05, 0) is 61.7 Å². The van der Waals surface area contributed by atoms with Crippen molar-refractivity contribution in [3.05, 3.63) is 78.0 Å². The van der Waals surface area contributed by atoms with E-state index in [1.807, 2.05) is 24.3 Å². The number of rotatable bonds is 11. The van der Waals surface area contributed by atoms with Gasteiger partial charge in [-0.3, -0.25) is 4.79 Å². The highest BCUT2D eigenvalue weighted by molar-refractivity contribution is 6.01. The lowest BCUT2D eigenvalue weighted by molar-refractivity contribution is -0.115. The first-order valence-corrected chi connectivity index (χ1v) is 11.5. The zero-order chi connectivity index (χ0) is 24.3. The van der Waals surface area contributed by atoms with Crippen LogP contribution in [-0.4, -0.2) is 29.6 Å². The van der Waals surface area contributed by atoms with Gasteiger partial charge in [0.05, 0.1) is 30.4 Å². The van der Waals surface area contributed by atoms with Gasteiger partial charge < -0.3 is 19.5 Å². The van der Waals surface area contributed by atoms with Crippen LogP contribution in [0.2, 0.25) is 0 Å². The fourth-order valence-electron chi connectivity index (χ4n) is 3.29. The number of nitrogens with zero attached hydrogens (tertiary/aromatic N) is 1. The van der Waals surface area contributed by atoms with Crippen LogP contribution < -0.4 is 14.8 Å². The van der Waals surface area contributed by atoms with E-state index in [1.165, 1.54) is 0 Å². The summed E-state index contributed by atoms with van der Waals surface area (Å²) in [6.07, 6.45) is 3.82. The van der Waals surface area contributed by atoms with Crippen molar-refractivity contribution in [1.29, 1.82) is 0 Å².